The van der Waals surface area contributed by atoms with Gasteiger partial charge in [-0.05, 0) is 83.0 Å². The van der Waals surface area contributed by atoms with Gasteiger partial charge in [0.1, 0.15) is 11.4 Å². The summed E-state index contributed by atoms with van der Waals surface area (Å²) in [6.07, 6.45) is 11.0. The number of ether oxygens (including phenoxy) is 3. The van der Waals surface area contributed by atoms with Crippen molar-refractivity contribution in [3.05, 3.63) is 119 Å². The van der Waals surface area contributed by atoms with Crippen LogP contribution in [0.1, 0.15) is 54.0 Å². The van der Waals surface area contributed by atoms with Crippen molar-refractivity contribution >= 4 is 15.8 Å². The van der Waals surface area contributed by atoms with Crippen molar-refractivity contribution < 1.29 is 27.4 Å². The summed E-state index contributed by atoms with van der Waals surface area (Å²) in [7, 11) is -1.94. The quantitative estimate of drug-likeness (QED) is 0.133. The van der Waals surface area contributed by atoms with Gasteiger partial charge in [0, 0.05) is 16.9 Å². The fourth-order valence-corrected chi connectivity index (χ4v) is 5.05. The number of carbonyl (C=O) groups excluding carboxylic acids is 1. The number of esters is 1. The Bertz CT molecular complexity index is 1420. The highest BCUT2D eigenvalue weighted by atomic mass is 32.2. The monoisotopic (exact) mass is 592 g/mol. The van der Waals surface area contributed by atoms with Crippen molar-refractivity contribution in [3.63, 3.8) is 0 Å². The van der Waals surface area contributed by atoms with Crippen molar-refractivity contribution in [3.8, 4) is 5.75 Å². The minimum Gasteiger partial charge on any atom is -0.497 e. The highest BCUT2D eigenvalue weighted by Crippen LogP contribution is 2.19. The topological polar surface area (TPSA) is 78.9 Å². The molecule has 0 N–H and O–H groups in total. The van der Waals surface area contributed by atoms with Crippen LogP contribution >= 0.6 is 0 Å². The van der Waals surface area contributed by atoms with E-state index in [1.165, 1.54) is 5.41 Å². The molecule has 2 atom stereocenters. The van der Waals surface area contributed by atoms with Crippen LogP contribution in [0.25, 0.3) is 0 Å². The zero-order valence-corrected chi connectivity index (χ0v) is 26.8. The molecular formula is C35H44O6S. The lowest BCUT2D eigenvalue weighted by molar-refractivity contribution is -0.149. The van der Waals surface area contributed by atoms with Gasteiger partial charge in [-0.15, -0.1) is 0 Å². The van der Waals surface area contributed by atoms with Crippen molar-refractivity contribution in [2.45, 2.75) is 71.7 Å². The van der Waals surface area contributed by atoms with Crippen molar-refractivity contribution in [1.82, 2.24) is 0 Å². The second-order valence-corrected chi connectivity index (χ2v) is 13.0. The molecule has 0 amide bonds. The van der Waals surface area contributed by atoms with E-state index < -0.39 is 15.4 Å². The number of benzene rings is 2. The Balaban J connectivity index is 2.22. The van der Waals surface area contributed by atoms with Gasteiger partial charge in [0.05, 0.1) is 24.7 Å². The maximum atomic E-state index is 12.8. The molecular weight excluding hydrogens is 548 g/mol. The van der Waals surface area contributed by atoms with Crippen LogP contribution in [0.4, 0.5) is 0 Å². The van der Waals surface area contributed by atoms with Crippen molar-refractivity contribution in [2.24, 2.45) is 5.92 Å². The van der Waals surface area contributed by atoms with Gasteiger partial charge >= 0.3 is 5.97 Å². The van der Waals surface area contributed by atoms with E-state index in [1.54, 1.807) is 63.4 Å². The van der Waals surface area contributed by atoms with Crippen LogP contribution in [0.2, 0.25) is 0 Å². The molecule has 0 aliphatic carbocycles. The second-order valence-electron chi connectivity index (χ2n) is 11.2. The van der Waals surface area contributed by atoms with E-state index in [0.29, 0.717) is 17.8 Å². The Labute approximate surface area is 252 Å². The highest BCUT2D eigenvalue weighted by Gasteiger charge is 2.17. The summed E-state index contributed by atoms with van der Waals surface area (Å²) >= 11 is 0. The van der Waals surface area contributed by atoms with E-state index in [9.17, 15) is 13.2 Å². The molecule has 7 heteroatoms. The molecule has 0 heterocycles. The van der Waals surface area contributed by atoms with Gasteiger partial charge < -0.3 is 14.2 Å². The summed E-state index contributed by atoms with van der Waals surface area (Å²) in [6.45, 7) is 13.3. The number of rotatable bonds is 13. The number of carbonyl (C=O) groups is 1. The van der Waals surface area contributed by atoms with Crippen molar-refractivity contribution in [2.75, 3.05) is 7.11 Å². The Morgan fingerprint density at radius 1 is 0.929 bits per heavy atom. The molecule has 0 aliphatic heterocycles. The third-order valence-electron chi connectivity index (χ3n) is 6.02. The van der Waals surface area contributed by atoms with E-state index >= 15 is 0 Å². The third-order valence-corrected chi connectivity index (χ3v) is 7.63. The van der Waals surface area contributed by atoms with Gasteiger partial charge in [0.15, 0.2) is 9.84 Å². The number of allylic oxidation sites excluding steroid dienone is 6. The van der Waals surface area contributed by atoms with Crippen LogP contribution in [-0.2, 0) is 30.7 Å². The van der Waals surface area contributed by atoms with E-state index in [4.69, 9.17) is 14.2 Å². The summed E-state index contributed by atoms with van der Waals surface area (Å²) in [4.78, 5) is 12.5. The average molecular weight is 593 g/mol. The van der Waals surface area contributed by atoms with Crippen LogP contribution in [0, 0.1) is 5.92 Å². The molecule has 2 aromatic carbocycles. The molecule has 0 bridgehead atoms. The second kappa shape index (κ2) is 16.1. The maximum absolute atomic E-state index is 12.8. The molecule has 0 aliphatic rings. The highest BCUT2D eigenvalue weighted by molar-refractivity contribution is 7.94. The molecule has 2 rings (SSSR count). The molecule has 0 saturated heterocycles. The number of hydrogen-bond acceptors (Lipinski definition) is 6. The lowest BCUT2D eigenvalue weighted by Gasteiger charge is -2.19. The van der Waals surface area contributed by atoms with Crippen LogP contribution in [0.5, 0.6) is 5.75 Å². The molecule has 0 spiro atoms. The molecule has 226 valence electrons. The van der Waals surface area contributed by atoms with E-state index in [1.807, 2.05) is 83.2 Å². The Hall–Kier alpha value is -3.68. The number of methoxy groups -OCH3 is 1. The predicted molar refractivity (Wildman–Crippen MR) is 170 cm³/mol. The fourth-order valence-electron chi connectivity index (χ4n) is 3.80. The summed E-state index contributed by atoms with van der Waals surface area (Å²) in [5.41, 5.74) is 2.45. The number of hydrogen-bond donors (Lipinski definition) is 0. The number of sulfone groups is 1. The molecule has 0 unspecified atom stereocenters. The molecule has 2 aromatic rings. The van der Waals surface area contributed by atoms with Crippen LogP contribution < -0.4 is 4.74 Å². The Morgan fingerprint density at radius 3 is 2.17 bits per heavy atom. The first kappa shape index (κ1) is 34.5. The molecule has 0 fully saturated rings. The van der Waals surface area contributed by atoms with Gasteiger partial charge in [-0.25, -0.2) is 13.2 Å². The van der Waals surface area contributed by atoms with Gasteiger partial charge in [-0.2, -0.15) is 0 Å². The fraction of sp³-hybridized carbons (Fsp3) is 0.343. The molecule has 0 aromatic heterocycles. The first-order valence-corrected chi connectivity index (χ1v) is 15.4. The van der Waals surface area contributed by atoms with Gasteiger partial charge in [0.25, 0.3) is 0 Å². The maximum Gasteiger partial charge on any atom is 0.334 e. The first-order chi connectivity index (χ1) is 19.7. The summed E-state index contributed by atoms with van der Waals surface area (Å²) in [5.74, 6) is 0.380. The standard InChI is InChI=1S/C35H44O6S/c1-26(23-29(4)34(36)41-35(5,6)7)13-12-14-28(3)33(40-24-30-18-20-31(39-8)21-19-30)22-17-27(2)25-42(37,38)32-15-10-9-11-16-32/h9-23,25,28,33H,24H2,1-8H3/b14-12+,22-17+,26-13+,27-25+,29-23+/t28-,33-/m1/s1. The normalized spacial score (nSPS) is 15.2. The van der Waals surface area contributed by atoms with Crippen LogP contribution in [-0.4, -0.2) is 33.2 Å². The minimum absolute atomic E-state index is 0.0435. The van der Waals surface area contributed by atoms with Gasteiger partial charge in [-0.1, -0.05) is 73.2 Å². The molecule has 42 heavy (non-hydrogen) atoms. The van der Waals surface area contributed by atoms with Gasteiger partial charge in [0.2, 0.25) is 0 Å². The van der Waals surface area contributed by atoms with Crippen LogP contribution in [0.3, 0.4) is 0 Å². The minimum atomic E-state index is -3.57. The lowest BCUT2D eigenvalue weighted by Crippen LogP contribution is -2.24. The largest absolute Gasteiger partial charge is 0.497 e. The third kappa shape index (κ3) is 12.5. The average Bonchev–Trinajstić information content (AvgIpc) is 2.92. The smallest absolute Gasteiger partial charge is 0.334 e. The predicted octanol–water partition coefficient (Wildman–Crippen LogP) is 7.94. The van der Waals surface area contributed by atoms with Gasteiger partial charge in [-0.3, -0.25) is 0 Å². The zero-order chi connectivity index (χ0) is 31.3. The first-order valence-electron chi connectivity index (χ1n) is 13.9. The van der Waals surface area contributed by atoms with E-state index in [2.05, 4.69) is 0 Å². The Kier molecular flexibility index (Phi) is 13.2. The molecule has 6 nitrogen and oxygen atoms in total. The molecule has 0 saturated carbocycles. The lowest BCUT2D eigenvalue weighted by atomic mass is 10.0. The molecule has 0 radical (unpaired) electrons. The summed E-state index contributed by atoms with van der Waals surface area (Å²) < 4.78 is 42.5. The Morgan fingerprint density at radius 2 is 1.57 bits per heavy atom. The van der Waals surface area contributed by atoms with E-state index in [-0.39, 0.29) is 22.9 Å². The van der Waals surface area contributed by atoms with Crippen molar-refractivity contribution in [1.29, 1.82) is 0 Å². The summed E-state index contributed by atoms with van der Waals surface area (Å²) in [5, 5.41) is 1.27. The van der Waals surface area contributed by atoms with E-state index in [0.717, 1.165) is 16.9 Å². The SMILES string of the molecule is COc1ccc(CO[C@H](/C=C/C(C)=C/S(=O)(=O)c2ccccc2)[C@H](C)/C=C/C=C(C)/C=C(\C)C(=O)OC(C)(C)C)cc1. The zero-order valence-electron chi connectivity index (χ0n) is 26.0. The summed E-state index contributed by atoms with van der Waals surface area (Å²) in [6, 6.07) is 16.0. The van der Waals surface area contributed by atoms with Crippen LogP contribution in [0.15, 0.2) is 118 Å².